The number of anilines is 1. The Morgan fingerprint density at radius 3 is 2.69 bits per heavy atom. The summed E-state index contributed by atoms with van der Waals surface area (Å²) in [7, 11) is 0. The van der Waals surface area contributed by atoms with E-state index >= 15 is 0 Å². The summed E-state index contributed by atoms with van der Waals surface area (Å²) < 4.78 is 5.14. The molecule has 2 aromatic rings. The largest absolute Gasteiger partial charge is 0.465 e. The molecule has 2 N–H and O–H groups in total. The van der Waals surface area contributed by atoms with Crippen LogP contribution in [0.15, 0.2) is 47.1 Å². The SMILES string of the molecule is O=C(C=Cc1ccco1)Nc1ccc(Cl)c(C(=O)NC2CCCCC2)c1. The number of carbonyl (C=O) groups excluding carboxylic acids is 2. The fourth-order valence-corrected chi connectivity index (χ4v) is 3.22. The third kappa shape index (κ3) is 4.99. The van der Waals surface area contributed by atoms with Crippen LogP contribution in [-0.2, 0) is 4.79 Å². The monoisotopic (exact) mass is 372 g/mol. The maximum atomic E-state index is 12.5. The van der Waals surface area contributed by atoms with Gasteiger partial charge in [0.15, 0.2) is 0 Å². The number of halogens is 1. The van der Waals surface area contributed by atoms with Gasteiger partial charge in [-0.2, -0.15) is 0 Å². The number of carbonyl (C=O) groups is 2. The molecule has 5 nitrogen and oxygen atoms in total. The molecule has 0 unspecified atom stereocenters. The van der Waals surface area contributed by atoms with Crippen molar-refractivity contribution in [2.75, 3.05) is 5.32 Å². The van der Waals surface area contributed by atoms with Gasteiger partial charge >= 0.3 is 0 Å². The van der Waals surface area contributed by atoms with Crippen molar-refractivity contribution in [2.24, 2.45) is 0 Å². The number of hydrogen-bond acceptors (Lipinski definition) is 3. The molecular weight excluding hydrogens is 352 g/mol. The fourth-order valence-electron chi connectivity index (χ4n) is 3.01. The molecule has 1 saturated carbocycles. The summed E-state index contributed by atoms with van der Waals surface area (Å²) in [4.78, 5) is 24.5. The van der Waals surface area contributed by atoms with Gasteiger partial charge < -0.3 is 15.1 Å². The van der Waals surface area contributed by atoms with Crippen LogP contribution in [-0.4, -0.2) is 17.9 Å². The van der Waals surface area contributed by atoms with Gasteiger partial charge in [0.1, 0.15) is 5.76 Å². The Labute approximate surface area is 157 Å². The Morgan fingerprint density at radius 2 is 1.96 bits per heavy atom. The van der Waals surface area contributed by atoms with Crippen molar-refractivity contribution < 1.29 is 14.0 Å². The summed E-state index contributed by atoms with van der Waals surface area (Å²) in [5, 5.41) is 6.13. The highest BCUT2D eigenvalue weighted by atomic mass is 35.5. The molecule has 0 aliphatic heterocycles. The first-order chi connectivity index (χ1) is 12.6. The lowest BCUT2D eigenvalue weighted by molar-refractivity contribution is -0.111. The molecule has 1 aliphatic carbocycles. The lowest BCUT2D eigenvalue weighted by Crippen LogP contribution is -2.36. The molecular formula is C20H21ClN2O3. The van der Waals surface area contributed by atoms with Crippen LogP contribution < -0.4 is 10.6 Å². The summed E-state index contributed by atoms with van der Waals surface area (Å²) in [6, 6.07) is 8.57. The van der Waals surface area contributed by atoms with Crippen molar-refractivity contribution in [3.8, 4) is 0 Å². The smallest absolute Gasteiger partial charge is 0.253 e. The van der Waals surface area contributed by atoms with Gasteiger partial charge in [0.25, 0.3) is 5.91 Å². The fraction of sp³-hybridized carbons (Fsp3) is 0.300. The van der Waals surface area contributed by atoms with E-state index in [0.29, 0.717) is 22.0 Å². The minimum Gasteiger partial charge on any atom is -0.465 e. The molecule has 0 radical (unpaired) electrons. The van der Waals surface area contributed by atoms with Crippen LogP contribution in [0.3, 0.4) is 0 Å². The average molecular weight is 373 g/mol. The highest BCUT2D eigenvalue weighted by molar-refractivity contribution is 6.34. The summed E-state index contributed by atoms with van der Waals surface area (Å²) in [5.41, 5.74) is 0.877. The molecule has 0 saturated heterocycles. The molecule has 26 heavy (non-hydrogen) atoms. The molecule has 136 valence electrons. The van der Waals surface area contributed by atoms with Gasteiger partial charge in [-0.3, -0.25) is 9.59 Å². The van der Waals surface area contributed by atoms with E-state index in [0.717, 1.165) is 25.7 Å². The zero-order valence-electron chi connectivity index (χ0n) is 14.3. The van der Waals surface area contributed by atoms with Gasteiger partial charge in [0, 0.05) is 17.8 Å². The first kappa shape index (κ1) is 18.3. The van der Waals surface area contributed by atoms with Crippen LogP contribution in [0.5, 0.6) is 0 Å². The maximum Gasteiger partial charge on any atom is 0.253 e. The van der Waals surface area contributed by atoms with Crippen LogP contribution in [0.4, 0.5) is 5.69 Å². The second-order valence-corrected chi connectivity index (χ2v) is 6.75. The van der Waals surface area contributed by atoms with E-state index in [4.69, 9.17) is 16.0 Å². The van der Waals surface area contributed by atoms with Crippen molar-refractivity contribution in [2.45, 2.75) is 38.1 Å². The summed E-state index contributed by atoms with van der Waals surface area (Å²) in [6.45, 7) is 0. The van der Waals surface area contributed by atoms with Gasteiger partial charge in [-0.15, -0.1) is 0 Å². The second-order valence-electron chi connectivity index (χ2n) is 6.34. The molecule has 3 rings (SSSR count). The van der Waals surface area contributed by atoms with Gasteiger partial charge in [-0.25, -0.2) is 0 Å². The molecule has 2 amide bonds. The van der Waals surface area contributed by atoms with Crippen molar-refractivity contribution in [1.82, 2.24) is 5.32 Å². The number of hydrogen-bond donors (Lipinski definition) is 2. The zero-order chi connectivity index (χ0) is 18.4. The van der Waals surface area contributed by atoms with Gasteiger partial charge in [-0.1, -0.05) is 30.9 Å². The first-order valence-electron chi connectivity index (χ1n) is 8.75. The number of rotatable bonds is 5. The zero-order valence-corrected chi connectivity index (χ0v) is 15.1. The van der Waals surface area contributed by atoms with E-state index in [1.165, 1.54) is 18.8 Å². The minimum absolute atomic E-state index is 0.196. The third-order valence-corrected chi connectivity index (χ3v) is 4.69. The highest BCUT2D eigenvalue weighted by Crippen LogP contribution is 2.23. The van der Waals surface area contributed by atoms with Crippen molar-refractivity contribution >= 4 is 35.2 Å². The normalized spacial score (nSPS) is 15.1. The predicted octanol–water partition coefficient (Wildman–Crippen LogP) is 4.65. The van der Waals surface area contributed by atoms with Crippen LogP contribution in [0.1, 0.15) is 48.2 Å². The Bertz CT molecular complexity index is 793. The maximum absolute atomic E-state index is 12.5. The summed E-state index contributed by atoms with van der Waals surface area (Å²) in [5.74, 6) is 0.0651. The molecule has 0 spiro atoms. The number of nitrogens with one attached hydrogen (secondary N) is 2. The predicted molar refractivity (Wildman–Crippen MR) is 102 cm³/mol. The topological polar surface area (TPSA) is 71.3 Å². The van der Waals surface area contributed by atoms with Crippen molar-refractivity contribution in [3.63, 3.8) is 0 Å². The van der Waals surface area contributed by atoms with Crippen molar-refractivity contribution in [3.05, 3.63) is 59.0 Å². The summed E-state index contributed by atoms with van der Waals surface area (Å²) in [6.07, 6.45) is 9.97. The van der Waals surface area contributed by atoms with Gasteiger partial charge in [0.2, 0.25) is 5.91 Å². The van der Waals surface area contributed by atoms with Crippen LogP contribution in [0, 0.1) is 0 Å². The molecule has 1 aliphatic rings. The minimum atomic E-state index is -0.317. The average Bonchev–Trinajstić information content (AvgIpc) is 3.16. The van der Waals surface area contributed by atoms with E-state index in [2.05, 4.69) is 10.6 Å². The van der Waals surface area contributed by atoms with E-state index in [-0.39, 0.29) is 17.9 Å². The Hall–Kier alpha value is -2.53. The molecule has 1 aromatic carbocycles. The number of benzene rings is 1. The molecule has 0 atom stereocenters. The van der Waals surface area contributed by atoms with E-state index in [1.54, 1.807) is 36.4 Å². The molecule has 0 bridgehead atoms. The molecule has 6 heteroatoms. The van der Waals surface area contributed by atoms with E-state index in [1.807, 2.05) is 0 Å². The number of amides is 2. The van der Waals surface area contributed by atoms with Crippen LogP contribution >= 0.6 is 11.6 Å². The quantitative estimate of drug-likeness (QED) is 0.750. The Kier molecular flexibility index (Phi) is 6.12. The Balaban J connectivity index is 1.64. The van der Waals surface area contributed by atoms with Gasteiger partial charge in [-0.05, 0) is 49.2 Å². The van der Waals surface area contributed by atoms with Crippen LogP contribution in [0.25, 0.3) is 6.08 Å². The lowest BCUT2D eigenvalue weighted by Gasteiger charge is -2.23. The van der Waals surface area contributed by atoms with Gasteiger partial charge in [0.05, 0.1) is 16.8 Å². The first-order valence-corrected chi connectivity index (χ1v) is 9.12. The molecule has 1 aromatic heterocycles. The second kappa shape index (κ2) is 8.72. The standard InChI is InChI=1S/C20H21ClN2O3/c21-18-10-8-15(22-19(24)11-9-16-7-4-12-26-16)13-17(18)20(25)23-14-5-2-1-3-6-14/h4,7-14H,1-3,5-6H2,(H,22,24)(H,23,25). The van der Waals surface area contributed by atoms with Crippen LogP contribution in [0.2, 0.25) is 5.02 Å². The van der Waals surface area contributed by atoms with Crippen molar-refractivity contribution in [1.29, 1.82) is 0 Å². The summed E-state index contributed by atoms with van der Waals surface area (Å²) >= 11 is 6.17. The number of furan rings is 1. The molecule has 1 heterocycles. The third-order valence-electron chi connectivity index (χ3n) is 4.36. The Morgan fingerprint density at radius 1 is 1.15 bits per heavy atom. The lowest BCUT2D eigenvalue weighted by atomic mass is 9.95. The van der Waals surface area contributed by atoms with E-state index < -0.39 is 0 Å². The molecule has 1 fully saturated rings. The van der Waals surface area contributed by atoms with E-state index in [9.17, 15) is 9.59 Å². The highest BCUT2D eigenvalue weighted by Gasteiger charge is 2.18.